The Kier molecular flexibility index (Phi) is 15.4. The molecule has 0 radical (unpaired) electrons. The van der Waals surface area contributed by atoms with Crippen LogP contribution >= 0.6 is 0 Å². The Bertz CT molecular complexity index is 741. The van der Waals surface area contributed by atoms with E-state index < -0.39 is 0 Å². The summed E-state index contributed by atoms with van der Waals surface area (Å²) in [5, 5.41) is 0. The van der Waals surface area contributed by atoms with E-state index >= 15 is 0 Å². The van der Waals surface area contributed by atoms with Crippen LogP contribution in [0.5, 0.6) is 0 Å². The fraction of sp³-hybridized carbons (Fsp3) is 0.417. The predicted octanol–water partition coefficient (Wildman–Crippen LogP) is -2.07. The minimum atomic E-state index is 0. The summed E-state index contributed by atoms with van der Waals surface area (Å²) in [5.74, 6) is 12.3. The minimum Gasteiger partial charge on any atom is -1.00 e. The first-order valence-corrected chi connectivity index (χ1v) is 9.63. The number of unbranched alkanes of at least 4 members (excludes halogenated alkanes) is 4. The molecule has 0 aromatic carbocycles. The number of halogens is 2. The molecule has 0 bridgehead atoms. The largest absolute Gasteiger partial charge is 1.00 e. The van der Waals surface area contributed by atoms with Crippen LogP contribution in [0.3, 0.4) is 0 Å². The van der Waals surface area contributed by atoms with Crippen molar-refractivity contribution < 1.29 is 43.1 Å². The summed E-state index contributed by atoms with van der Waals surface area (Å²) >= 11 is 0. The highest BCUT2D eigenvalue weighted by Gasteiger charge is 2.03. The Hall–Kier alpha value is -1.62. The van der Waals surface area contributed by atoms with Gasteiger partial charge in [0.15, 0.2) is 23.8 Å². The van der Waals surface area contributed by atoms with Gasteiger partial charge >= 0.3 is 0 Å². The maximum atomic E-state index is 3.17. The van der Waals surface area contributed by atoms with Crippen molar-refractivity contribution in [1.82, 2.24) is 0 Å². The lowest BCUT2D eigenvalue weighted by Gasteiger charge is -1.98. The highest BCUT2D eigenvalue weighted by molar-refractivity contribution is 5.25. The maximum Gasteiger partial charge on any atom is 0.178 e. The maximum absolute atomic E-state index is 3.17. The van der Waals surface area contributed by atoms with E-state index in [0.717, 1.165) is 51.6 Å². The zero-order chi connectivity index (χ0) is 18.5. The van der Waals surface area contributed by atoms with E-state index in [-0.39, 0.29) is 34.0 Å². The van der Waals surface area contributed by atoms with Crippen LogP contribution in [-0.4, -0.2) is 0 Å². The highest BCUT2D eigenvalue weighted by atomic mass is 79.9. The summed E-state index contributed by atoms with van der Waals surface area (Å²) in [4.78, 5) is 0. The van der Waals surface area contributed by atoms with Crippen LogP contribution in [0.25, 0.3) is 0 Å². The van der Waals surface area contributed by atoms with E-state index in [4.69, 9.17) is 0 Å². The molecule has 0 spiro atoms. The topological polar surface area (TPSA) is 7.76 Å². The van der Waals surface area contributed by atoms with Gasteiger partial charge in [0.1, 0.15) is 13.1 Å². The lowest BCUT2D eigenvalue weighted by Crippen LogP contribution is -3.00. The second kappa shape index (κ2) is 16.3. The van der Waals surface area contributed by atoms with E-state index in [9.17, 15) is 0 Å². The van der Waals surface area contributed by atoms with Crippen molar-refractivity contribution >= 4 is 0 Å². The molecule has 2 rings (SSSR count). The number of hydrogen-bond acceptors (Lipinski definition) is 0. The summed E-state index contributed by atoms with van der Waals surface area (Å²) in [7, 11) is 0. The number of nitrogens with zero attached hydrogens (tertiary/aromatic N) is 2. The molecule has 2 aromatic heterocycles. The molecule has 4 heteroatoms. The van der Waals surface area contributed by atoms with Gasteiger partial charge in [-0.15, -0.1) is 0 Å². The molecule has 150 valence electrons. The van der Waals surface area contributed by atoms with Gasteiger partial charge < -0.3 is 34.0 Å². The zero-order valence-corrected chi connectivity index (χ0v) is 20.1. The Labute approximate surface area is 191 Å². The van der Waals surface area contributed by atoms with Gasteiger partial charge in [-0.1, -0.05) is 24.0 Å². The third-order valence-electron chi connectivity index (χ3n) is 4.48. The first-order valence-electron chi connectivity index (χ1n) is 9.63. The van der Waals surface area contributed by atoms with Gasteiger partial charge in [0, 0.05) is 63.8 Å². The molecule has 0 saturated heterocycles. The smallest absolute Gasteiger partial charge is 0.178 e. The van der Waals surface area contributed by atoms with Gasteiger partial charge in [0.2, 0.25) is 0 Å². The first kappa shape index (κ1) is 26.4. The van der Waals surface area contributed by atoms with E-state index in [2.05, 4.69) is 95.5 Å². The molecule has 0 saturated carbocycles. The van der Waals surface area contributed by atoms with Crippen molar-refractivity contribution in [2.45, 2.75) is 65.5 Å². The first-order chi connectivity index (χ1) is 12.8. The Morgan fingerprint density at radius 3 is 1.46 bits per heavy atom. The average molecular weight is 506 g/mol. The Balaban J connectivity index is 0.00000364. The molecule has 0 unspecified atom stereocenters. The molecule has 2 heterocycles. The number of aromatic nitrogens is 2. The summed E-state index contributed by atoms with van der Waals surface area (Å²) in [5.41, 5.74) is 2.62. The Morgan fingerprint density at radius 1 is 0.643 bits per heavy atom. The average Bonchev–Trinajstić information content (AvgIpc) is 2.65. The molecular weight excluding hydrogens is 476 g/mol. The monoisotopic (exact) mass is 504 g/mol. The van der Waals surface area contributed by atoms with Crippen LogP contribution in [0.2, 0.25) is 0 Å². The van der Waals surface area contributed by atoms with Crippen molar-refractivity contribution in [3.63, 3.8) is 0 Å². The van der Waals surface area contributed by atoms with Crippen molar-refractivity contribution in [2.75, 3.05) is 0 Å². The molecule has 0 aliphatic carbocycles. The molecule has 0 aliphatic heterocycles. The summed E-state index contributed by atoms with van der Waals surface area (Å²) in [6.45, 7) is 6.43. The van der Waals surface area contributed by atoms with E-state index in [1.54, 1.807) is 0 Å². The summed E-state index contributed by atoms with van der Waals surface area (Å²) < 4.78 is 4.59. The van der Waals surface area contributed by atoms with Gasteiger partial charge in [0.25, 0.3) is 0 Å². The summed E-state index contributed by atoms with van der Waals surface area (Å²) in [6.07, 6.45) is 10.7. The van der Waals surface area contributed by atoms with Crippen LogP contribution in [0.1, 0.15) is 49.9 Å². The molecule has 0 N–H and O–H groups in total. The lowest BCUT2D eigenvalue weighted by atomic mass is 10.2. The molecule has 28 heavy (non-hydrogen) atoms. The minimum absolute atomic E-state index is 0. The van der Waals surface area contributed by atoms with Gasteiger partial charge in [-0.25, -0.2) is 9.13 Å². The molecule has 2 nitrogen and oxygen atoms in total. The SMILES string of the molecule is Cc1cccc[n+]1CCCCC#CC#CCCCC[n+]1ccccc1C.[Br-].[Br-]. The molecule has 0 aliphatic rings. The van der Waals surface area contributed by atoms with Crippen LogP contribution < -0.4 is 43.1 Å². The van der Waals surface area contributed by atoms with Gasteiger partial charge in [0.05, 0.1) is 0 Å². The fourth-order valence-corrected chi connectivity index (χ4v) is 2.83. The number of pyridine rings is 2. The van der Waals surface area contributed by atoms with Gasteiger partial charge in [-0.2, -0.15) is 0 Å². The normalized spacial score (nSPS) is 9.07. The van der Waals surface area contributed by atoms with E-state index in [1.807, 2.05) is 0 Å². The fourth-order valence-electron chi connectivity index (χ4n) is 2.83. The quantitative estimate of drug-likeness (QED) is 0.221. The third-order valence-corrected chi connectivity index (χ3v) is 4.48. The highest BCUT2D eigenvalue weighted by Crippen LogP contribution is 1.97. The molecule has 0 amide bonds. The van der Waals surface area contributed by atoms with Crippen molar-refractivity contribution in [1.29, 1.82) is 0 Å². The van der Waals surface area contributed by atoms with Gasteiger partial charge in [-0.3, -0.25) is 0 Å². The third kappa shape index (κ3) is 10.6. The van der Waals surface area contributed by atoms with E-state index in [1.165, 1.54) is 11.4 Å². The number of aryl methyl sites for hydroxylation is 4. The number of rotatable bonds is 8. The van der Waals surface area contributed by atoms with Crippen LogP contribution in [0.4, 0.5) is 0 Å². The van der Waals surface area contributed by atoms with Crippen molar-refractivity contribution in [3.8, 4) is 23.7 Å². The molecule has 2 aromatic rings. The standard InChI is InChI=1S/C24H30N2.2BrH/c1-23-17-11-15-21-25(23)19-13-9-7-5-3-4-6-8-10-14-20-26-22-16-12-18-24(26)2;;/h11-12,15-18,21-22H,7-10,13-14,19-20H2,1-2H3;2*1H/q+2;;/p-2. The molecular formula is C24H30Br2N2. The van der Waals surface area contributed by atoms with Crippen molar-refractivity contribution in [3.05, 3.63) is 60.2 Å². The van der Waals surface area contributed by atoms with Crippen LogP contribution in [0.15, 0.2) is 48.8 Å². The zero-order valence-electron chi connectivity index (χ0n) is 16.9. The number of hydrogen-bond donors (Lipinski definition) is 0. The Morgan fingerprint density at radius 2 is 1.07 bits per heavy atom. The second-order valence-electron chi connectivity index (χ2n) is 6.59. The second-order valence-corrected chi connectivity index (χ2v) is 6.59. The van der Waals surface area contributed by atoms with Gasteiger partial charge in [-0.05, 0) is 24.7 Å². The molecule has 0 atom stereocenters. The van der Waals surface area contributed by atoms with Crippen molar-refractivity contribution in [2.24, 2.45) is 0 Å². The van der Waals surface area contributed by atoms with E-state index in [0.29, 0.717) is 0 Å². The van der Waals surface area contributed by atoms with Crippen LogP contribution in [0, 0.1) is 37.5 Å². The lowest BCUT2D eigenvalue weighted by molar-refractivity contribution is -0.703. The van der Waals surface area contributed by atoms with Crippen LogP contribution in [-0.2, 0) is 13.1 Å². The molecule has 0 fully saturated rings. The summed E-state index contributed by atoms with van der Waals surface area (Å²) in [6, 6.07) is 12.6. The predicted molar refractivity (Wildman–Crippen MR) is 106 cm³/mol.